The molecule has 2 aliphatic rings. The zero-order valence-electron chi connectivity index (χ0n) is 19.1. The Labute approximate surface area is 184 Å². The van der Waals surface area contributed by atoms with Crippen molar-refractivity contribution in [3.05, 3.63) is 41.7 Å². The summed E-state index contributed by atoms with van der Waals surface area (Å²) in [6.07, 6.45) is 6.35. The SMILES string of the molecule is C/C=C(\C)C(=O)N1CCC(C2(CCC(C)C)NC(=O)N(Cc3ccccn3)C2=O)CC1. The summed E-state index contributed by atoms with van der Waals surface area (Å²) < 4.78 is 0. The van der Waals surface area contributed by atoms with Gasteiger partial charge in [0.1, 0.15) is 5.54 Å². The van der Waals surface area contributed by atoms with Crippen LogP contribution in [0, 0.1) is 11.8 Å². The standard InChI is InChI=1S/C24H34N4O3/c1-5-18(4)21(29)27-14-10-19(11-15-27)24(12-9-17(2)3)22(30)28(23(31)26-24)16-20-8-6-7-13-25-20/h5-8,13,17,19H,9-12,14-16H2,1-4H3,(H,26,31)/b18-5+. The second kappa shape index (κ2) is 9.62. The average Bonchev–Trinajstić information content (AvgIpc) is 3.02. The number of piperidine rings is 1. The Morgan fingerprint density at radius 2 is 2.00 bits per heavy atom. The molecule has 0 bridgehead atoms. The highest BCUT2D eigenvalue weighted by molar-refractivity contribution is 6.07. The number of aromatic nitrogens is 1. The highest BCUT2D eigenvalue weighted by Gasteiger charge is 2.55. The Kier molecular flexibility index (Phi) is 7.13. The second-order valence-corrected chi connectivity index (χ2v) is 9.08. The number of hydrogen-bond acceptors (Lipinski definition) is 4. The van der Waals surface area contributed by atoms with Gasteiger partial charge in [0.25, 0.3) is 5.91 Å². The Morgan fingerprint density at radius 3 is 2.58 bits per heavy atom. The molecule has 1 N–H and O–H groups in total. The first-order valence-corrected chi connectivity index (χ1v) is 11.2. The highest BCUT2D eigenvalue weighted by Crippen LogP contribution is 2.38. The number of rotatable bonds is 7. The number of pyridine rings is 1. The summed E-state index contributed by atoms with van der Waals surface area (Å²) in [5.74, 6) is 0.325. The molecule has 168 valence electrons. The topological polar surface area (TPSA) is 82.6 Å². The lowest BCUT2D eigenvalue weighted by Gasteiger charge is -2.41. The van der Waals surface area contributed by atoms with E-state index in [-0.39, 0.29) is 30.3 Å². The third-order valence-electron chi connectivity index (χ3n) is 6.61. The lowest BCUT2D eigenvalue weighted by molar-refractivity contribution is -0.135. The van der Waals surface area contributed by atoms with Crippen LogP contribution in [-0.2, 0) is 16.1 Å². The van der Waals surface area contributed by atoms with Crippen LogP contribution in [0.3, 0.4) is 0 Å². The van der Waals surface area contributed by atoms with Crippen LogP contribution < -0.4 is 5.32 Å². The minimum Gasteiger partial charge on any atom is -0.339 e. The molecule has 3 heterocycles. The van der Waals surface area contributed by atoms with E-state index in [1.807, 2.05) is 43.0 Å². The molecule has 7 heteroatoms. The molecule has 0 aliphatic carbocycles. The number of urea groups is 1. The summed E-state index contributed by atoms with van der Waals surface area (Å²) in [6.45, 7) is 9.32. The van der Waals surface area contributed by atoms with Gasteiger partial charge in [-0.25, -0.2) is 4.79 Å². The summed E-state index contributed by atoms with van der Waals surface area (Å²) in [7, 11) is 0. The molecule has 3 rings (SSSR count). The van der Waals surface area contributed by atoms with Crippen LogP contribution in [0.2, 0.25) is 0 Å². The van der Waals surface area contributed by atoms with Crippen LogP contribution in [0.5, 0.6) is 0 Å². The molecule has 2 fully saturated rings. The quantitative estimate of drug-likeness (QED) is 0.534. The second-order valence-electron chi connectivity index (χ2n) is 9.08. The number of likely N-dealkylation sites (tertiary alicyclic amines) is 1. The Morgan fingerprint density at radius 1 is 1.29 bits per heavy atom. The predicted octanol–water partition coefficient (Wildman–Crippen LogP) is 3.51. The van der Waals surface area contributed by atoms with Gasteiger partial charge in [-0.3, -0.25) is 19.5 Å². The van der Waals surface area contributed by atoms with Crippen molar-refractivity contribution in [2.24, 2.45) is 11.8 Å². The largest absolute Gasteiger partial charge is 0.339 e. The van der Waals surface area contributed by atoms with Crippen molar-refractivity contribution in [2.75, 3.05) is 13.1 Å². The van der Waals surface area contributed by atoms with E-state index in [1.165, 1.54) is 4.90 Å². The van der Waals surface area contributed by atoms with E-state index in [0.29, 0.717) is 44.0 Å². The number of amides is 4. The van der Waals surface area contributed by atoms with Gasteiger partial charge in [-0.2, -0.15) is 0 Å². The molecular formula is C24H34N4O3. The summed E-state index contributed by atoms with van der Waals surface area (Å²) in [5.41, 5.74) is 0.522. The van der Waals surface area contributed by atoms with Crippen molar-refractivity contribution in [1.82, 2.24) is 20.1 Å². The van der Waals surface area contributed by atoms with Gasteiger partial charge in [-0.05, 0) is 63.5 Å². The van der Waals surface area contributed by atoms with Crippen molar-refractivity contribution in [2.45, 2.75) is 65.5 Å². The zero-order valence-corrected chi connectivity index (χ0v) is 19.1. The number of hydrogen-bond donors (Lipinski definition) is 1. The van der Waals surface area contributed by atoms with Gasteiger partial charge in [-0.1, -0.05) is 26.0 Å². The smallest absolute Gasteiger partial charge is 0.325 e. The van der Waals surface area contributed by atoms with Gasteiger partial charge in [0.15, 0.2) is 0 Å². The van der Waals surface area contributed by atoms with Crippen molar-refractivity contribution in [3.8, 4) is 0 Å². The van der Waals surface area contributed by atoms with Crippen LogP contribution in [0.4, 0.5) is 4.79 Å². The van der Waals surface area contributed by atoms with E-state index in [2.05, 4.69) is 24.1 Å². The van der Waals surface area contributed by atoms with E-state index in [9.17, 15) is 14.4 Å². The number of carbonyl (C=O) groups excluding carboxylic acids is 3. The van der Waals surface area contributed by atoms with E-state index < -0.39 is 5.54 Å². The zero-order chi connectivity index (χ0) is 22.6. The first kappa shape index (κ1) is 23.0. The van der Waals surface area contributed by atoms with Gasteiger partial charge < -0.3 is 10.2 Å². The molecule has 2 aliphatic heterocycles. The van der Waals surface area contributed by atoms with E-state index >= 15 is 0 Å². The summed E-state index contributed by atoms with van der Waals surface area (Å²) in [5, 5.41) is 3.09. The van der Waals surface area contributed by atoms with E-state index in [0.717, 1.165) is 12.0 Å². The fourth-order valence-corrected chi connectivity index (χ4v) is 4.56. The first-order valence-electron chi connectivity index (χ1n) is 11.2. The molecular weight excluding hydrogens is 392 g/mol. The normalized spacial score (nSPS) is 22.9. The molecule has 1 aromatic heterocycles. The van der Waals surface area contributed by atoms with Crippen molar-refractivity contribution in [3.63, 3.8) is 0 Å². The molecule has 2 saturated heterocycles. The Balaban J connectivity index is 1.79. The van der Waals surface area contributed by atoms with Crippen LogP contribution in [0.1, 0.15) is 59.1 Å². The monoisotopic (exact) mass is 426 g/mol. The first-order chi connectivity index (χ1) is 14.8. The maximum atomic E-state index is 13.6. The molecule has 0 radical (unpaired) electrons. The molecule has 0 spiro atoms. The molecule has 1 unspecified atom stereocenters. The van der Waals surface area contributed by atoms with Crippen LogP contribution in [0.25, 0.3) is 0 Å². The van der Waals surface area contributed by atoms with Crippen LogP contribution >= 0.6 is 0 Å². The fourth-order valence-electron chi connectivity index (χ4n) is 4.56. The Bertz CT molecular complexity index is 844. The third-order valence-corrected chi connectivity index (χ3v) is 6.61. The summed E-state index contributed by atoms with van der Waals surface area (Å²) in [6, 6.07) is 5.14. The fraction of sp³-hybridized carbons (Fsp3) is 0.583. The Hall–Kier alpha value is -2.70. The van der Waals surface area contributed by atoms with Crippen molar-refractivity contribution in [1.29, 1.82) is 0 Å². The molecule has 1 aromatic rings. The van der Waals surface area contributed by atoms with Crippen molar-refractivity contribution < 1.29 is 14.4 Å². The van der Waals surface area contributed by atoms with Crippen LogP contribution in [0.15, 0.2) is 36.0 Å². The predicted molar refractivity (Wildman–Crippen MR) is 119 cm³/mol. The molecule has 1 atom stereocenters. The van der Waals surface area contributed by atoms with Gasteiger partial charge in [-0.15, -0.1) is 0 Å². The minimum absolute atomic E-state index is 0.00592. The lowest BCUT2D eigenvalue weighted by Crippen LogP contribution is -2.56. The van der Waals surface area contributed by atoms with Gasteiger partial charge in [0.05, 0.1) is 12.2 Å². The number of nitrogens with zero attached hydrogens (tertiary/aromatic N) is 3. The van der Waals surface area contributed by atoms with E-state index in [1.54, 1.807) is 6.20 Å². The molecule has 0 aromatic carbocycles. The maximum absolute atomic E-state index is 13.6. The molecule has 31 heavy (non-hydrogen) atoms. The number of imide groups is 1. The molecule has 4 amide bonds. The maximum Gasteiger partial charge on any atom is 0.325 e. The van der Waals surface area contributed by atoms with Gasteiger partial charge in [0.2, 0.25) is 5.91 Å². The third kappa shape index (κ3) is 4.81. The lowest BCUT2D eigenvalue weighted by atomic mass is 9.73. The average molecular weight is 427 g/mol. The van der Waals surface area contributed by atoms with Gasteiger partial charge in [0, 0.05) is 24.9 Å². The molecule has 0 saturated carbocycles. The highest BCUT2D eigenvalue weighted by atomic mass is 16.2. The number of nitrogens with one attached hydrogen (secondary N) is 1. The number of allylic oxidation sites excluding steroid dienone is 1. The van der Waals surface area contributed by atoms with Crippen LogP contribution in [-0.4, -0.2) is 51.3 Å². The summed E-state index contributed by atoms with van der Waals surface area (Å²) >= 11 is 0. The minimum atomic E-state index is -0.902. The van der Waals surface area contributed by atoms with Gasteiger partial charge >= 0.3 is 6.03 Å². The molecule has 7 nitrogen and oxygen atoms in total. The summed E-state index contributed by atoms with van der Waals surface area (Å²) in [4.78, 5) is 46.5. The number of carbonyl (C=O) groups is 3. The van der Waals surface area contributed by atoms with Crippen molar-refractivity contribution >= 4 is 17.8 Å². The van der Waals surface area contributed by atoms with E-state index in [4.69, 9.17) is 0 Å².